The number of anilines is 2. The summed E-state index contributed by atoms with van der Waals surface area (Å²) < 4.78 is 28.1. The number of likely N-dealkylation sites (N-methyl/N-ethyl adjacent to an activating group) is 2. The summed E-state index contributed by atoms with van der Waals surface area (Å²) in [4.78, 5) is 15.0. The summed E-state index contributed by atoms with van der Waals surface area (Å²) in [7, 11) is -0.164. The van der Waals surface area contributed by atoms with Crippen molar-refractivity contribution >= 4 is 38.1 Å². The molecular formula is C11H20N4O3S2. The summed E-state index contributed by atoms with van der Waals surface area (Å²) in [6.07, 6.45) is 0. The van der Waals surface area contributed by atoms with E-state index in [1.165, 1.54) is 4.90 Å². The Morgan fingerprint density at radius 1 is 1.35 bits per heavy atom. The molecule has 0 saturated heterocycles. The summed E-state index contributed by atoms with van der Waals surface area (Å²) in [5.74, 6) is -0.164. The molecule has 0 aliphatic carbocycles. The molecule has 0 radical (unpaired) electrons. The van der Waals surface area contributed by atoms with Gasteiger partial charge in [-0.3, -0.25) is 4.79 Å². The van der Waals surface area contributed by atoms with Crippen LogP contribution in [0.2, 0.25) is 0 Å². The molecule has 20 heavy (non-hydrogen) atoms. The highest BCUT2D eigenvalue weighted by atomic mass is 32.2. The largest absolute Gasteiger partial charge is 0.382 e. The van der Waals surface area contributed by atoms with Gasteiger partial charge in [-0.2, -0.15) is 4.37 Å². The Labute approximate surface area is 123 Å². The SMILES string of the molecule is CCN(CC(=O)N(C)C)c1snc(N)c1S(=O)(=O)CC. The van der Waals surface area contributed by atoms with Crippen molar-refractivity contribution in [3.63, 3.8) is 0 Å². The van der Waals surface area contributed by atoms with Crippen molar-refractivity contribution in [1.82, 2.24) is 9.27 Å². The maximum absolute atomic E-state index is 12.1. The summed E-state index contributed by atoms with van der Waals surface area (Å²) in [6.45, 7) is 3.99. The predicted octanol–water partition coefficient (Wildman–Crippen LogP) is 0.433. The van der Waals surface area contributed by atoms with Gasteiger partial charge in [0.25, 0.3) is 0 Å². The van der Waals surface area contributed by atoms with Crippen molar-refractivity contribution in [2.45, 2.75) is 18.7 Å². The van der Waals surface area contributed by atoms with Crippen molar-refractivity contribution in [1.29, 1.82) is 0 Å². The van der Waals surface area contributed by atoms with Crippen LogP contribution in [0, 0.1) is 0 Å². The Balaban J connectivity index is 3.21. The summed E-state index contributed by atoms with van der Waals surface area (Å²) >= 11 is 1.01. The number of nitrogen functional groups attached to an aromatic ring is 1. The van der Waals surface area contributed by atoms with Crippen molar-refractivity contribution in [2.75, 3.05) is 43.6 Å². The highest BCUT2D eigenvalue weighted by Crippen LogP contribution is 2.35. The van der Waals surface area contributed by atoms with Crippen LogP contribution in [0.3, 0.4) is 0 Å². The van der Waals surface area contributed by atoms with Gasteiger partial charge in [-0.15, -0.1) is 0 Å². The molecule has 1 heterocycles. The number of nitrogens with two attached hydrogens (primary N) is 1. The average Bonchev–Trinajstić information content (AvgIpc) is 2.78. The molecule has 0 atom stereocenters. The number of carbonyl (C=O) groups excluding carboxylic acids is 1. The Morgan fingerprint density at radius 2 is 1.95 bits per heavy atom. The standard InChI is InChI=1S/C11H20N4O3S2/c1-5-15(7-8(16)14(3)4)11-9(10(12)13-19-11)20(17,18)6-2/h5-7H2,1-4H3,(H2,12,13). The number of hydrogen-bond acceptors (Lipinski definition) is 7. The van der Waals surface area contributed by atoms with Gasteiger partial charge in [-0.05, 0) is 18.5 Å². The van der Waals surface area contributed by atoms with Gasteiger partial charge in [0.15, 0.2) is 15.7 Å². The molecule has 0 spiro atoms. The van der Waals surface area contributed by atoms with E-state index in [0.29, 0.717) is 11.5 Å². The monoisotopic (exact) mass is 320 g/mol. The minimum Gasteiger partial charge on any atom is -0.382 e. The van der Waals surface area contributed by atoms with Crippen LogP contribution in [0.25, 0.3) is 0 Å². The highest BCUT2D eigenvalue weighted by Gasteiger charge is 2.27. The molecule has 7 nitrogen and oxygen atoms in total. The van der Waals surface area contributed by atoms with E-state index in [9.17, 15) is 13.2 Å². The van der Waals surface area contributed by atoms with E-state index < -0.39 is 9.84 Å². The number of carbonyl (C=O) groups is 1. The van der Waals surface area contributed by atoms with Gasteiger partial charge in [-0.25, -0.2) is 8.42 Å². The van der Waals surface area contributed by atoms with Crippen molar-refractivity contribution in [2.24, 2.45) is 0 Å². The maximum Gasteiger partial charge on any atom is 0.241 e. The van der Waals surface area contributed by atoms with Gasteiger partial charge >= 0.3 is 0 Å². The fourth-order valence-corrected chi connectivity index (χ4v) is 3.93. The van der Waals surface area contributed by atoms with Crippen LogP contribution in [0.1, 0.15) is 13.8 Å². The minimum atomic E-state index is -3.47. The molecule has 1 rings (SSSR count). The number of aromatic nitrogens is 1. The summed E-state index contributed by atoms with van der Waals surface area (Å²) in [6, 6.07) is 0. The van der Waals surface area contributed by atoms with Crippen LogP contribution in [0.4, 0.5) is 10.8 Å². The zero-order valence-corrected chi connectivity index (χ0v) is 13.7. The molecule has 1 aromatic rings. The van der Waals surface area contributed by atoms with Crippen LogP contribution in [-0.2, 0) is 14.6 Å². The normalized spacial score (nSPS) is 11.4. The number of sulfone groups is 1. The molecule has 114 valence electrons. The van der Waals surface area contributed by atoms with Gasteiger partial charge < -0.3 is 15.5 Å². The molecule has 9 heteroatoms. The Morgan fingerprint density at radius 3 is 2.40 bits per heavy atom. The number of hydrogen-bond donors (Lipinski definition) is 1. The second-order valence-corrected chi connectivity index (χ2v) is 7.37. The Hall–Kier alpha value is -1.35. The summed E-state index contributed by atoms with van der Waals surface area (Å²) in [5, 5.41) is 0.432. The molecule has 0 fully saturated rings. The molecular weight excluding hydrogens is 300 g/mol. The van der Waals surface area contributed by atoms with Crippen molar-refractivity contribution in [3.05, 3.63) is 0 Å². The molecule has 0 unspecified atom stereocenters. The zero-order chi connectivity index (χ0) is 15.5. The van der Waals surface area contributed by atoms with Gasteiger partial charge in [-0.1, -0.05) is 6.92 Å². The van der Waals surface area contributed by atoms with Crippen LogP contribution >= 0.6 is 11.5 Å². The first kappa shape index (κ1) is 16.7. The summed E-state index contributed by atoms with van der Waals surface area (Å²) in [5.41, 5.74) is 5.68. The van der Waals surface area contributed by atoms with Gasteiger partial charge in [0.1, 0.15) is 9.90 Å². The van der Waals surface area contributed by atoms with Gasteiger partial charge in [0.2, 0.25) is 5.91 Å². The smallest absolute Gasteiger partial charge is 0.241 e. The second-order valence-electron chi connectivity index (χ2n) is 4.41. The molecule has 0 aliphatic heterocycles. The van der Waals surface area contributed by atoms with Crippen LogP contribution in [0.5, 0.6) is 0 Å². The molecule has 2 N–H and O–H groups in total. The van der Waals surface area contributed by atoms with E-state index in [1.54, 1.807) is 25.9 Å². The third kappa shape index (κ3) is 3.40. The second kappa shape index (κ2) is 6.40. The number of amides is 1. The minimum absolute atomic E-state index is 0.00241. The van der Waals surface area contributed by atoms with Crippen molar-refractivity contribution in [3.8, 4) is 0 Å². The van der Waals surface area contributed by atoms with E-state index in [0.717, 1.165) is 11.5 Å². The van der Waals surface area contributed by atoms with Gasteiger partial charge in [0.05, 0.1) is 12.3 Å². The molecule has 0 aliphatic rings. The third-order valence-corrected chi connectivity index (χ3v) is 5.68. The molecule has 0 bridgehead atoms. The lowest BCUT2D eigenvalue weighted by Crippen LogP contribution is -2.36. The molecule has 1 amide bonds. The average molecular weight is 320 g/mol. The fraction of sp³-hybridized carbons (Fsp3) is 0.636. The van der Waals surface area contributed by atoms with E-state index in [4.69, 9.17) is 5.73 Å². The molecule has 0 aromatic carbocycles. The zero-order valence-electron chi connectivity index (χ0n) is 12.1. The van der Waals surface area contributed by atoms with Crippen LogP contribution in [0.15, 0.2) is 4.90 Å². The first-order valence-electron chi connectivity index (χ1n) is 6.17. The number of rotatable bonds is 6. The predicted molar refractivity (Wildman–Crippen MR) is 80.8 cm³/mol. The quantitative estimate of drug-likeness (QED) is 0.816. The first-order valence-corrected chi connectivity index (χ1v) is 8.60. The first-order chi connectivity index (χ1) is 9.24. The maximum atomic E-state index is 12.1. The third-order valence-electron chi connectivity index (χ3n) is 2.84. The molecule has 1 aromatic heterocycles. The molecule has 0 saturated carbocycles. The van der Waals surface area contributed by atoms with Crippen molar-refractivity contribution < 1.29 is 13.2 Å². The lowest BCUT2D eigenvalue weighted by atomic mass is 10.4. The van der Waals surface area contributed by atoms with Gasteiger partial charge in [0, 0.05) is 20.6 Å². The van der Waals surface area contributed by atoms with Crippen LogP contribution < -0.4 is 10.6 Å². The van der Waals surface area contributed by atoms with E-state index in [-0.39, 0.29) is 28.9 Å². The fourth-order valence-electron chi connectivity index (χ4n) is 1.55. The van der Waals surface area contributed by atoms with Crippen LogP contribution in [-0.4, -0.2) is 56.5 Å². The number of nitrogens with zero attached hydrogens (tertiary/aromatic N) is 3. The topological polar surface area (TPSA) is 96.6 Å². The lowest BCUT2D eigenvalue weighted by Gasteiger charge is -2.23. The Kier molecular flexibility index (Phi) is 5.35. The lowest BCUT2D eigenvalue weighted by molar-refractivity contribution is -0.127. The highest BCUT2D eigenvalue weighted by molar-refractivity contribution is 7.91. The van der Waals surface area contributed by atoms with E-state index in [2.05, 4.69) is 4.37 Å². The van der Waals surface area contributed by atoms with E-state index in [1.807, 2.05) is 6.92 Å². The Bertz CT molecular complexity index is 580. The van der Waals surface area contributed by atoms with E-state index >= 15 is 0 Å².